The Labute approximate surface area is 82.3 Å². The molecule has 0 spiro atoms. The highest BCUT2D eigenvalue weighted by Gasteiger charge is 2.21. The fraction of sp³-hybridized carbons (Fsp3) is 0.750. The maximum Gasteiger partial charge on any atom is 0.317 e. The molecule has 0 heterocycles. The van der Waals surface area contributed by atoms with Crippen molar-refractivity contribution in [3.05, 3.63) is 0 Å². The van der Waals surface area contributed by atoms with Crippen molar-refractivity contribution < 1.29 is 19.8 Å². The lowest BCUT2D eigenvalue weighted by Crippen LogP contribution is -2.45. The molecule has 0 aromatic heterocycles. The standard InChI is InChI=1S/C8H16N2O4/c1-8(2,14)5-10(3-6(9)11)4-7(12)13/h14H,3-5H2,1-2H3,(H2,9,11)(H,12,13). The average molecular weight is 204 g/mol. The Balaban J connectivity index is 4.24. The predicted octanol–water partition coefficient (Wildman–Crippen LogP) is -1.37. The monoisotopic (exact) mass is 204 g/mol. The van der Waals surface area contributed by atoms with E-state index in [9.17, 15) is 14.7 Å². The molecule has 6 nitrogen and oxygen atoms in total. The van der Waals surface area contributed by atoms with Gasteiger partial charge in [-0.2, -0.15) is 0 Å². The van der Waals surface area contributed by atoms with Gasteiger partial charge < -0.3 is 15.9 Å². The number of rotatable bonds is 6. The summed E-state index contributed by atoms with van der Waals surface area (Å²) in [6, 6.07) is 0. The summed E-state index contributed by atoms with van der Waals surface area (Å²) in [7, 11) is 0. The van der Waals surface area contributed by atoms with Gasteiger partial charge in [-0.15, -0.1) is 0 Å². The number of carboxylic acid groups (broad SMARTS) is 1. The van der Waals surface area contributed by atoms with E-state index in [1.54, 1.807) is 0 Å². The van der Waals surface area contributed by atoms with E-state index in [1.165, 1.54) is 18.7 Å². The van der Waals surface area contributed by atoms with E-state index in [4.69, 9.17) is 10.8 Å². The van der Waals surface area contributed by atoms with Crippen LogP contribution in [0.25, 0.3) is 0 Å². The minimum atomic E-state index is -1.06. The van der Waals surface area contributed by atoms with Crippen LogP contribution in [-0.2, 0) is 9.59 Å². The fourth-order valence-electron chi connectivity index (χ4n) is 1.13. The smallest absolute Gasteiger partial charge is 0.317 e. The van der Waals surface area contributed by atoms with Crippen molar-refractivity contribution in [3.8, 4) is 0 Å². The highest BCUT2D eigenvalue weighted by atomic mass is 16.4. The number of aliphatic hydroxyl groups is 1. The largest absolute Gasteiger partial charge is 0.480 e. The van der Waals surface area contributed by atoms with Gasteiger partial charge in [0.15, 0.2) is 0 Å². The molecule has 0 aliphatic rings. The molecule has 4 N–H and O–H groups in total. The summed E-state index contributed by atoms with van der Waals surface area (Å²) < 4.78 is 0. The van der Waals surface area contributed by atoms with Crippen molar-refractivity contribution in [1.82, 2.24) is 4.90 Å². The van der Waals surface area contributed by atoms with Crippen molar-refractivity contribution in [2.45, 2.75) is 19.4 Å². The molecule has 0 aromatic carbocycles. The van der Waals surface area contributed by atoms with Gasteiger partial charge >= 0.3 is 5.97 Å². The van der Waals surface area contributed by atoms with Gasteiger partial charge in [-0.1, -0.05) is 0 Å². The third-order valence-corrected chi connectivity index (χ3v) is 1.35. The molecular weight excluding hydrogens is 188 g/mol. The van der Waals surface area contributed by atoms with Crippen LogP contribution in [0.5, 0.6) is 0 Å². The molecule has 0 saturated carbocycles. The number of hydrogen-bond donors (Lipinski definition) is 3. The second-order valence-electron chi connectivity index (χ2n) is 3.82. The van der Waals surface area contributed by atoms with Gasteiger partial charge in [0.25, 0.3) is 0 Å². The molecule has 1 amide bonds. The first-order chi connectivity index (χ1) is 6.20. The van der Waals surface area contributed by atoms with Gasteiger partial charge in [0.2, 0.25) is 5.91 Å². The highest BCUT2D eigenvalue weighted by Crippen LogP contribution is 2.04. The molecule has 0 rings (SSSR count). The van der Waals surface area contributed by atoms with Crippen LogP contribution in [-0.4, -0.2) is 52.2 Å². The normalized spacial score (nSPS) is 11.7. The van der Waals surface area contributed by atoms with Gasteiger partial charge in [0.05, 0.1) is 18.7 Å². The fourth-order valence-corrected chi connectivity index (χ4v) is 1.13. The highest BCUT2D eigenvalue weighted by molar-refractivity contribution is 5.77. The number of primary amides is 1. The van der Waals surface area contributed by atoms with Gasteiger partial charge in [-0.25, -0.2) is 0 Å². The van der Waals surface area contributed by atoms with Crippen LogP contribution in [0.3, 0.4) is 0 Å². The molecule has 82 valence electrons. The van der Waals surface area contributed by atoms with Crippen LogP contribution in [0.4, 0.5) is 0 Å². The molecular formula is C8H16N2O4. The molecule has 0 aliphatic heterocycles. The van der Waals surface area contributed by atoms with E-state index >= 15 is 0 Å². The van der Waals surface area contributed by atoms with Crippen LogP contribution >= 0.6 is 0 Å². The Morgan fingerprint density at radius 2 is 1.86 bits per heavy atom. The maximum absolute atomic E-state index is 10.6. The SMILES string of the molecule is CC(C)(O)CN(CC(N)=O)CC(=O)O. The molecule has 6 heteroatoms. The molecule has 0 aromatic rings. The third-order valence-electron chi connectivity index (χ3n) is 1.35. The van der Waals surface area contributed by atoms with Crippen LogP contribution in [0, 0.1) is 0 Å². The van der Waals surface area contributed by atoms with E-state index < -0.39 is 17.5 Å². The second-order valence-corrected chi connectivity index (χ2v) is 3.82. The summed E-state index contributed by atoms with van der Waals surface area (Å²) in [4.78, 5) is 22.3. The maximum atomic E-state index is 10.6. The summed E-state index contributed by atoms with van der Waals surface area (Å²) in [5, 5.41) is 17.9. The van der Waals surface area contributed by atoms with Crippen molar-refractivity contribution >= 4 is 11.9 Å². The van der Waals surface area contributed by atoms with E-state index in [0.29, 0.717) is 0 Å². The lowest BCUT2D eigenvalue weighted by atomic mass is 10.1. The number of carboxylic acids is 1. The zero-order valence-electron chi connectivity index (χ0n) is 8.36. The summed E-state index contributed by atoms with van der Waals surface area (Å²) in [5.41, 5.74) is 3.88. The first-order valence-electron chi connectivity index (χ1n) is 4.15. The Morgan fingerprint density at radius 3 is 2.14 bits per heavy atom. The Hall–Kier alpha value is -1.14. The zero-order chi connectivity index (χ0) is 11.4. The van der Waals surface area contributed by atoms with E-state index in [2.05, 4.69) is 0 Å². The van der Waals surface area contributed by atoms with Crippen molar-refractivity contribution in [1.29, 1.82) is 0 Å². The topological polar surface area (TPSA) is 104 Å². The summed E-state index contributed by atoms with van der Waals surface area (Å²) >= 11 is 0. The minimum absolute atomic E-state index is 0.0856. The Bertz CT molecular complexity index is 206. The van der Waals surface area contributed by atoms with Gasteiger partial charge in [-0.3, -0.25) is 14.5 Å². The lowest BCUT2D eigenvalue weighted by Gasteiger charge is -2.26. The van der Waals surface area contributed by atoms with Gasteiger partial charge in [0, 0.05) is 6.54 Å². The molecule has 0 unspecified atom stereocenters. The first-order valence-corrected chi connectivity index (χ1v) is 4.15. The number of carbonyl (C=O) groups is 2. The second kappa shape index (κ2) is 4.92. The van der Waals surface area contributed by atoms with E-state index in [1.807, 2.05) is 0 Å². The quantitative estimate of drug-likeness (QED) is 0.495. The van der Waals surface area contributed by atoms with Crippen LogP contribution in [0.1, 0.15) is 13.8 Å². The van der Waals surface area contributed by atoms with Gasteiger partial charge in [0.1, 0.15) is 0 Å². The summed E-state index contributed by atoms with van der Waals surface area (Å²) in [5.74, 6) is -1.67. The number of carbonyl (C=O) groups excluding carboxylic acids is 1. The molecule has 0 bridgehead atoms. The number of nitrogens with zero attached hydrogens (tertiary/aromatic N) is 1. The minimum Gasteiger partial charge on any atom is -0.480 e. The molecule has 0 saturated heterocycles. The van der Waals surface area contributed by atoms with Gasteiger partial charge in [-0.05, 0) is 13.8 Å². The van der Waals surface area contributed by atoms with Crippen LogP contribution in [0.15, 0.2) is 0 Å². The van der Waals surface area contributed by atoms with Crippen molar-refractivity contribution in [3.63, 3.8) is 0 Å². The predicted molar refractivity (Wildman–Crippen MR) is 49.6 cm³/mol. The number of amides is 1. The van der Waals surface area contributed by atoms with Crippen molar-refractivity contribution in [2.24, 2.45) is 5.73 Å². The molecule has 0 atom stereocenters. The molecule has 14 heavy (non-hydrogen) atoms. The number of nitrogens with two attached hydrogens (primary N) is 1. The third kappa shape index (κ3) is 7.51. The van der Waals surface area contributed by atoms with Crippen molar-refractivity contribution in [2.75, 3.05) is 19.6 Å². The average Bonchev–Trinajstić information content (AvgIpc) is 1.77. The molecule has 0 fully saturated rings. The molecule has 0 aliphatic carbocycles. The Morgan fingerprint density at radius 1 is 1.36 bits per heavy atom. The van der Waals surface area contributed by atoms with Crippen LogP contribution < -0.4 is 5.73 Å². The Kier molecular flexibility index (Phi) is 4.52. The number of hydrogen-bond acceptors (Lipinski definition) is 4. The lowest BCUT2D eigenvalue weighted by molar-refractivity contribution is -0.139. The molecule has 0 radical (unpaired) electrons. The first kappa shape index (κ1) is 12.9. The van der Waals surface area contributed by atoms with E-state index in [0.717, 1.165) is 0 Å². The van der Waals surface area contributed by atoms with Crippen LogP contribution in [0.2, 0.25) is 0 Å². The van der Waals surface area contributed by atoms with E-state index in [-0.39, 0.29) is 19.6 Å². The summed E-state index contributed by atoms with van der Waals surface area (Å²) in [6.45, 7) is 2.66. The number of aliphatic carboxylic acids is 1. The zero-order valence-corrected chi connectivity index (χ0v) is 8.36. The summed E-state index contributed by atoms with van der Waals surface area (Å²) in [6.07, 6.45) is 0.